The average Bonchev–Trinajstić information content (AvgIpc) is 3.37. The molecular weight excluding hydrogens is 524 g/mol. The van der Waals surface area contributed by atoms with E-state index in [9.17, 15) is 4.79 Å². The highest BCUT2D eigenvalue weighted by molar-refractivity contribution is 6.29. The van der Waals surface area contributed by atoms with Crippen LogP contribution in [-0.4, -0.2) is 70.0 Å². The lowest BCUT2D eigenvalue weighted by molar-refractivity contribution is 0.0930. The number of aliphatic imine (C=N–C) groups is 1. The number of amidine groups is 1. The number of hydrogen-bond acceptors (Lipinski definition) is 6. The summed E-state index contributed by atoms with van der Waals surface area (Å²) >= 11 is 6.03. The van der Waals surface area contributed by atoms with Crippen molar-refractivity contribution >= 4 is 29.2 Å². The van der Waals surface area contributed by atoms with E-state index >= 15 is 0 Å². The van der Waals surface area contributed by atoms with Crippen LogP contribution in [0.5, 0.6) is 0 Å². The number of benzene rings is 1. The van der Waals surface area contributed by atoms with E-state index in [1.165, 1.54) is 5.56 Å². The smallest absolute Gasteiger partial charge is 0.293 e. The quantitative estimate of drug-likeness (QED) is 0.367. The molecule has 0 bridgehead atoms. The molecule has 0 radical (unpaired) electrons. The first-order valence-electron chi connectivity index (χ1n) is 14.0. The Labute approximate surface area is 241 Å². The number of likely N-dealkylation sites (tertiary alicyclic amines) is 1. The summed E-state index contributed by atoms with van der Waals surface area (Å²) in [7, 11) is 0. The van der Waals surface area contributed by atoms with Crippen molar-refractivity contribution in [2.45, 2.75) is 58.2 Å². The predicted octanol–water partition coefficient (Wildman–Crippen LogP) is 5.48. The summed E-state index contributed by atoms with van der Waals surface area (Å²) in [6.45, 7) is 9.12. The van der Waals surface area contributed by atoms with Crippen molar-refractivity contribution in [2.24, 2.45) is 4.99 Å². The second-order valence-corrected chi connectivity index (χ2v) is 11.0. The first-order valence-corrected chi connectivity index (χ1v) is 14.4. The Morgan fingerprint density at radius 3 is 2.65 bits per heavy atom. The molecule has 210 valence electrons. The van der Waals surface area contributed by atoms with Gasteiger partial charge in [-0.2, -0.15) is 4.99 Å². The van der Waals surface area contributed by atoms with E-state index < -0.39 is 0 Å². The molecule has 8 nitrogen and oxygen atoms in total. The van der Waals surface area contributed by atoms with Gasteiger partial charge in [0.15, 0.2) is 0 Å². The number of rotatable bonds is 8. The Hall–Kier alpha value is -3.49. The minimum absolute atomic E-state index is 0.0912. The summed E-state index contributed by atoms with van der Waals surface area (Å²) in [5, 5.41) is 3.49. The number of pyridine rings is 2. The monoisotopic (exact) mass is 560 g/mol. The molecule has 2 aliphatic heterocycles. The molecule has 2 saturated heterocycles. The van der Waals surface area contributed by atoms with Gasteiger partial charge < -0.3 is 19.9 Å². The van der Waals surface area contributed by atoms with Crippen LogP contribution in [0.3, 0.4) is 0 Å². The van der Waals surface area contributed by atoms with Crippen LogP contribution in [-0.2, 0) is 4.74 Å². The summed E-state index contributed by atoms with van der Waals surface area (Å²) < 4.78 is 6.18. The van der Waals surface area contributed by atoms with Gasteiger partial charge in [-0.05, 0) is 69.4 Å². The van der Waals surface area contributed by atoms with Crippen LogP contribution in [0.15, 0.2) is 65.9 Å². The molecular formula is C31H37ClN6O2. The van der Waals surface area contributed by atoms with Gasteiger partial charge in [0, 0.05) is 37.9 Å². The highest BCUT2D eigenvalue weighted by atomic mass is 35.5. The van der Waals surface area contributed by atoms with Crippen LogP contribution in [0.25, 0.3) is 0 Å². The molecule has 2 fully saturated rings. The SMILES string of the molecule is Cc1cc(Cl)nc(C)c1C(=O)NCC[C@H](C)N1CCC(N2/C(=N/c3cccnc3)OC[C@H]2c2ccccc2)CC1. The molecule has 5 rings (SSSR count). The van der Waals surface area contributed by atoms with Gasteiger partial charge in [0.2, 0.25) is 0 Å². The normalized spacial score (nSPS) is 19.9. The fourth-order valence-electron chi connectivity index (χ4n) is 5.80. The van der Waals surface area contributed by atoms with E-state index in [1.54, 1.807) is 18.5 Å². The van der Waals surface area contributed by atoms with Crippen LogP contribution in [0, 0.1) is 13.8 Å². The van der Waals surface area contributed by atoms with Crippen molar-refractivity contribution in [2.75, 3.05) is 26.2 Å². The number of nitrogens with zero attached hydrogens (tertiary/aromatic N) is 5. The maximum Gasteiger partial charge on any atom is 0.293 e. The standard InChI is InChI=1S/C31H37ClN6O2/c1-21-18-28(32)35-23(3)29(21)30(39)34-15-11-22(2)37-16-12-26(13-17-37)38-27(24-8-5-4-6-9-24)20-40-31(38)36-25-10-7-14-33-19-25/h4-10,14,18-19,22,26-27H,11-13,15-17,20H2,1-3H3,(H,34,39)/b36-31-/t22-,27-/m0/s1. The topological polar surface area (TPSA) is 83.0 Å². The van der Waals surface area contributed by atoms with E-state index in [0.29, 0.717) is 47.7 Å². The largest absolute Gasteiger partial charge is 0.462 e. The molecule has 2 atom stereocenters. The lowest BCUT2D eigenvalue weighted by atomic mass is 9.98. The number of halogens is 1. The first kappa shape index (κ1) is 28.1. The van der Waals surface area contributed by atoms with Crippen LogP contribution < -0.4 is 5.32 Å². The van der Waals surface area contributed by atoms with E-state index in [-0.39, 0.29) is 11.9 Å². The molecule has 2 aliphatic rings. The van der Waals surface area contributed by atoms with Crippen molar-refractivity contribution in [3.05, 3.63) is 88.5 Å². The molecule has 0 spiro atoms. The zero-order valence-corrected chi connectivity index (χ0v) is 24.1. The molecule has 0 aliphatic carbocycles. The summed E-state index contributed by atoms with van der Waals surface area (Å²) in [5.74, 6) is -0.0912. The highest BCUT2D eigenvalue weighted by Gasteiger charge is 2.39. The molecule has 1 amide bonds. The van der Waals surface area contributed by atoms with Gasteiger partial charge in [-0.15, -0.1) is 0 Å². The molecule has 9 heteroatoms. The maximum absolute atomic E-state index is 12.8. The number of ether oxygens (including phenoxy) is 1. The van der Waals surface area contributed by atoms with Crippen molar-refractivity contribution in [3.63, 3.8) is 0 Å². The number of carbonyl (C=O) groups is 1. The minimum atomic E-state index is -0.0912. The van der Waals surface area contributed by atoms with Crippen molar-refractivity contribution < 1.29 is 9.53 Å². The molecule has 2 aromatic heterocycles. The Morgan fingerprint density at radius 1 is 1.18 bits per heavy atom. The molecule has 1 aromatic carbocycles. The number of aryl methyl sites for hydroxylation is 2. The number of piperidine rings is 1. The summed E-state index contributed by atoms with van der Waals surface area (Å²) in [5.41, 5.74) is 4.15. The number of carbonyl (C=O) groups excluding carboxylic acids is 1. The molecule has 3 aromatic rings. The Morgan fingerprint density at radius 2 is 1.95 bits per heavy atom. The number of hydrogen-bond donors (Lipinski definition) is 1. The van der Waals surface area contributed by atoms with Gasteiger partial charge in [-0.25, -0.2) is 4.98 Å². The van der Waals surface area contributed by atoms with Crippen molar-refractivity contribution in [3.8, 4) is 0 Å². The Balaban J connectivity index is 1.19. The molecule has 4 heterocycles. The van der Waals surface area contributed by atoms with Crippen LogP contribution in [0.2, 0.25) is 5.15 Å². The van der Waals surface area contributed by atoms with E-state index in [1.807, 2.05) is 32.0 Å². The summed E-state index contributed by atoms with van der Waals surface area (Å²) in [4.78, 5) is 31.0. The van der Waals surface area contributed by atoms with Gasteiger partial charge >= 0.3 is 0 Å². The molecule has 1 N–H and O–H groups in total. The zero-order chi connectivity index (χ0) is 28.1. The second-order valence-electron chi connectivity index (χ2n) is 10.6. The third-order valence-electron chi connectivity index (χ3n) is 7.94. The molecule has 0 saturated carbocycles. The van der Waals surface area contributed by atoms with Gasteiger partial charge in [0.25, 0.3) is 11.9 Å². The lowest BCUT2D eigenvalue weighted by Gasteiger charge is -2.41. The second kappa shape index (κ2) is 12.8. The molecule has 0 unspecified atom stereocenters. The fourth-order valence-corrected chi connectivity index (χ4v) is 6.09. The van der Waals surface area contributed by atoms with E-state index in [0.717, 1.165) is 43.6 Å². The van der Waals surface area contributed by atoms with Gasteiger partial charge in [-0.1, -0.05) is 41.9 Å². The van der Waals surface area contributed by atoms with Crippen molar-refractivity contribution in [1.82, 2.24) is 25.1 Å². The summed E-state index contributed by atoms with van der Waals surface area (Å²) in [6, 6.07) is 17.6. The summed E-state index contributed by atoms with van der Waals surface area (Å²) in [6.07, 6.45) is 6.43. The van der Waals surface area contributed by atoms with E-state index in [4.69, 9.17) is 21.3 Å². The van der Waals surface area contributed by atoms with Gasteiger partial charge in [0.05, 0.1) is 29.2 Å². The lowest BCUT2D eigenvalue weighted by Crippen LogP contribution is -2.49. The number of nitrogens with one attached hydrogen (secondary N) is 1. The van der Waals surface area contributed by atoms with Crippen molar-refractivity contribution in [1.29, 1.82) is 0 Å². The third-order valence-corrected chi connectivity index (χ3v) is 8.13. The third kappa shape index (κ3) is 6.45. The van der Waals surface area contributed by atoms with Crippen LogP contribution in [0.1, 0.15) is 59.4 Å². The predicted molar refractivity (Wildman–Crippen MR) is 158 cm³/mol. The Bertz CT molecular complexity index is 1310. The van der Waals surface area contributed by atoms with Crippen LogP contribution >= 0.6 is 11.6 Å². The first-order chi connectivity index (χ1) is 19.4. The van der Waals surface area contributed by atoms with Crippen LogP contribution in [0.4, 0.5) is 5.69 Å². The number of amides is 1. The van der Waals surface area contributed by atoms with Gasteiger partial charge in [0.1, 0.15) is 11.8 Å². The Kier molecular flexibility index (Phi) is 8.97. The molecule has 40 heavy (non-hydrogen) atoms. The zero-order valence-electron chi connectivity index (χ0n) is 23.4. The van der Waals surface area contributed by atoms with Gasteiger partial charge in [-0.3, -0.25) is 9.78 Å². The average molecular weight is 561 g/mol. The number of aromatic nitrogens is 2. The van der Waals surface area contributed by atoms with E-state index in [2.05, 4.69) is 56.3 Å². The maximum atomic E-state index is 12.8. The highest BCUT2D eigenvalue weighted by Crippen LogP contribution is 2.34. The fraction of sp³-hybridized carbons (Fsp3) is 0.419. The minimum Gasteiger partial charge on any atom is -0.462 e.